The van der Waals surface area contributed by atoms with E-state index in [4.69, 9.17) is 9.47 Å². The Balaban J connectivity index is 2.27. The minimum Gasteiger partial charge on any atom is -0.393 e. The van der Waals surface area contributed by atoms with Crippen LogP contribution in [0.2, 0.25) is 0 Å². The summed E-state index contributed by atoms with van der Waals surface area (Å²) in [6, 6.07) is 0. The van der Waals surface area contributed by atoms with Gasteiger partial charge in [-0.25, -0.2) is 0 Å². The first-order valence-corrected chi connectivity index (χ1v) is 6.52. The predicted molar refractivity (Wildman–Crippen MR) is 68.6 cm³/mol. The fraction of sp³-hybridized carbons (Fsp3) is 0.846. The van der Waals surface area contributed by atoms with Gasteiger partial charge in [0.2, 0.25) is 0 Å². The molecule has 1 rings (SSSR count). The van der Waals surface area contributed by atoms with Crippen LogP contribution in [0.1, 0.15) is 19.8 Å². The first-order chi connectivity index (χ1) is 8.95. The molecular weight excluding hydrogens is 252 g/mol. The zero-order chi connectivity index (χ0) is 14.4. The van der Waals surface area contributed by atoms with Gasteiger partial charge < -0.3 is 29.9 Å². The van der Waals surface area contributed by atoms with Crippen LogP contribution in [0.4, 0.5) is 0 Å². The van der Waals surface area contributed by atoms with E-state index in [-0.39, 0.29) is 19.4 Å². The molecule has 1 aliphatic rings. The van der Waals surface area contributed by atoms with Crippen LogP contribution < -0.4 is 0 Å². The molecule has 0 aliphatic carbocycles. The van der Waals surface area contributed by atoms with Gasteiger partial charge in [0.05, 0.1) is 37.6 Å². The molecule has 0 aromatic heterocycles. The maximum atomic E-state index is 9.82. The number of aliphatic hydroxyl groups is 4. The Morgan fingerprint density at radius 3 is 2.47 bits per heavy atom. The van der Waals surface area contributed by atoms with Crippen LogP contribution >= 0.6 is 0 Å². The van der Waals surface area contributed by atoms with Gasteiger partial charge in [0.25, 0.3) is 0 Å². The summed E-state index contributed by atoms with van der Waals surface area (Å²) >= 11 is 0. The molecule has 1 aliphatic heterocycles. The molecule has 0 bridgehead atoms. The van der Waals surface area contributed by atoms with Gasteiger partial charge in [0.1, 0.15) is 12.2 Å². The van der Waals surface area contributed by atoms with Gasteiger partial charge in [-0.05, 0) is 6.92 Å². The normalized spacial score (nSPS) is 34.2. The second kappa shape index (κ2) is 7.94. The van der Waals surface area contributed by atoms with E-state index in [9.17, 15) is 20.4 Å². The zero-order valence-electron chi connectivity index (χ0n) is 11.2. The van der Waals surface area contributed by atoms with Crippen molar-refractivity contribution in [3.63, 3.8) is 0 Å². The lowest BCUT2D eigenvalue weighted by Crippen LogP contribution is -2.34. The van der Waals surface area contributed by atoms with E-state index in [0.29, 0.717) is 6.61 Å². The minimum absolute atomic E-state index is 0.121. The molecule has 1 unspecified atom stereocenters. The number of aliphatic hydroxyl groups excluding tert-OH is 4. The maximum absolute atomic E-state index is 9.82. The van der Waals surface area contributed by atoms with E-state index >= 15 is 0 Å². The van der Waals surface area contributed by atoms with Crippen molar-refractivity contribution >= 4 is 0 Å². The SMILES string of the molecule is C=CCOC[C@@H](O)C[C@@H](O)C[C@H]1O[C@@H](C)[C@@H](O)C1O. The van der Waals surface area contributed by atoms with Gasteiger partial charge in [-0.2, -0.15) is 0 Å². The van der Waals surface area contributed by atoms with Crippen molar-refractivity contribution in [3.8, 4) is 0 Å². The zero-order valence-corrected chi connectivity index (χ0v) is 11.2. The average molecular weight is 276 g/mol. The Morgan fingerprint density at radius 1 is 1.26 bits per heavy atom. The van der Waals surface area contributed by atoms with Crippen molar-refractivity contribution < 1.29 is 29.9 Å². The molecule has 19 heavy (non-hydrogen) atoms. The Labute approximate surface area is 113 Å². The summed E-state index contributed by atoms with van der Waals surface area (Å²) in [4.78, 5) is 0. The van der Waals surface area contributed by atoms with Crippen LogP contribution in [-0.2, 0) is 9.47 Å². The lowest BCUT2D eigenvalue weighted by Gasteiger charge is -2.20. The minimum atomic E-state index is -1.00. The Kier molecular flexibility index (Phi) is 6.92. The third kappa shape index (κ3) is 5.18. The molecule has 0 radical (unpaired) electrons. The molecule has 0 aromatic carbocycles. The monoisotopic (exact) mass is 276 g/mol. The highest BCUT2D eigenvalue weighted by molar-refractivity contribution is 4.89. The summed E-state index contributed by atoms with van der Waals surface area (Å²) in [7, 11) is 0. The number of hydrogen-bond donors (Lipinski definition) is 4. The van der Waals surface area contributed by atoms with Crippen molar-refractivity contribution in [1.29, 1.82) is 0 Å². The van der Waals surface area contributed by atoms with Gasteiger partial charge in [-0.15, -0.1) is 6.58 Å². The lowest BCUT2D eigenvalue weighted by molar-refractivity contribution is -0.0336. The highest BCUT2D eigenvalue weighted by Gasteiger charge is 2.40. The standard InChI is InChI=1S/C13H24O6/c1-3-4-18-7-10(15)5-9(14)6-11-13(17)12(16)8(2)19-11/h3,8-17H,1,4-7H2,2H3/t8-,9+,10-,11+,12+,13?/m0/s1. The van der Waals surface area contributed by atoms with Crippen molar-refractivity contribution in [2.75, 3.05) is 13.2 Å². The van der Waals surface area contributed by atoms with E-state index in [1.165, 1.54) is 0 Å². The highest BCUT2D eigenvalue weighted by Crippen LogP contribution is 2.25. The Morgan fingerprint density at radius 2 is 1.95 bits per heavy atom. The molecule has 0 spiro atoms. The Hall–Kier alpha value is -0.500. The highest BCUT2D eigenvalue weighted by atomic mass is 16.5. The van der Waals surface area contributed by atoms with Crippen molar-refractivity contribution in [2.45, 2.75) is 56.4 Å². The van der Waals surface area contributed by atoms with Gasteiger partial charge in [-0.1, -0.05) is 6.08 Å². The van der Waals surface area contributed by atoms with Crippen molar-refractivity contribution in [3.05, 3.63) is 12.7 Å². The van der Waals surface area contributed by atoms with Gasteiger partial charge >= 0.3 is 0 Å². The fourth-order valence-corrected chi connectivity index (χ4v) is 2.16. The van der Waals surface area contributed by atoms with Crippen LogP contribution in [0.25, 0.3) is 0 Å². The fourth-order valence-electron chi connectivity index (χ4n) is 2.16. The molecule has 1 saturated heterocycles. The van der Waals surface area contributed by atoms with Gasteiger partial charge in [0, 0.05) is 12.8 Å². The molecule has 6 heteroatoms. The molecule has 1 fully saturated rings. The van der Waals surface area contributed by atoms with Crippen LogP contribution in [0.5, 0.6) is 0 Å². The van der Waals surface area contributed by atoms with Gasteiger partial charge in [-0.3, -0.25) is 0 Å². The summed E-state index contributed by atoms with van der Waals surface area (Å²) in [5.41, 5.74) is 0. The van der Waals surface area contributed by atoms with Gasteiger partial charge in [0.15, 0.2) is 0 Å². The van der Waals surface area contributed by atoms with Crippen molar-refractivity contribution in [1.82, 2.24) is 0 Å². The Bertz CT molecular complexity index is 272. The molecule has 6 nitrogen and oxygen atoms in total. The molecule has 0 aromatic rings. The molecule has 6 atom stereocenters. The first kappa shape index (κ1) is 16.6. The molecule has 112 valence electrons. The van der Waals surface area contributed by atoms with Crippen LogP contribution in [-0.4, -0.2) is 70.3 Å². The summed E-state index contributed by atoms with van der Waals surface area (Å²) in [6.45, 7) is 5.62. The van der Waals surface area contributed by atoms with E-state index in [2.05, 4.69) is 6.58 Å². The van der Waals surface area contributed by atoms with Crippen LogP contribution in [0.3, 0.4) is 0 Å². The average Bonchev–Trinajstić information content (AvgIpc) is 2.57. The summed E-state index contributed by atoms with van der Waals surface area (Å²) in [5.74, 6) is 0. The molecule has 4 N–H and O–H groups in total. The largest absolute Gasteiger partial charge is 0.393 e. The van der Waals surface area contributed by atoms with E-state index in [1.807, 2.05) is 0 Å². The second-order valence-electron chi connectivity index (χ2n) is 4.97. The summed E-state index contributed by atoms with van der Waals surface area (Å²) in [5, 5.41) is 38.7. The quantitative estimate of drug-likeness (QED) is 0.342. The third-order valence-electron chi connectivity index (χ3n) is 3.20. The molecule has 0 saturated carbocycles. The first-order valence-electron chi connectivity index (χ1n) is 6.52. The van der Waals surface area contributed by atoms with E-state index < -0.39 is 36.6 Å². The number of hydrogen-bond acceptors (Lipinski definition) is 6. The van der Waals surface area contributed by atoms with E-state index in [1.54, 1.807) is 13.0 Å². The van der Waals surface area contributed by atoms with Crippen molar-refractivity contribution in [2.24, 2.45) is 0 Å². The molecule has 1 heterocycles. The summed E-state index contributed by atoms with van der Waals surface area (Å²) < 4.78 is 10.4. The molecular formula is C13H24O6. The predicted octanol–water partition coefficient (Wildman–Crippen LogP) is -0.800. The lowest BCUT2D eigenvalue weighted by atomic mass is 10.0. The topological polar surface area (TPSA) is 99.4 Å². The van der Waals surface area contributed by atoms with E-state index in [0.717, 1.165) is 0 Å². The molecule has 0 amide bonds. The number of ether oxygens (including phenoxy) is 2. The second-order valence-corrected chi connectivity index (χ2v) is 4.97. The van der Waals surface area contributed by atoms with Crippen LogP contribution in [0.15, 0.2) is 12.7 Å². The third-order valence-corrected chi connectivity index (χ3v) is 3.20. The van der Waals surface area contributed by atoms with Crippen LogP contribution in [0, 0.1) is 0 Å². The number of rotatable bonds is 8. The maximum Gasteiger partial charge on any atom is 0.109 e. The smallest absolute Gasteiger partial charge is 0.109 e. The summed E-state index contributed by atoms with van der Waals surface area (Å²) in [6.07, 6.45) is -2.72.